The first kappa shape index (κ1) is 16.4. The highest BCUT2D eigenvalue weighted by atomic mass is 16.5. The second-order valence-corrected chi connectivity index (χ2v) is 6.69. The maximum absolute atomic E-state index is 12.9. The monoisotopic (exact) mass is 350 g/mol. The number of nitrogens with zero attached hydrogens (tertiary/aromatic N) is 3. The van der Waals surface area contributed by atoms with E-state index < -0.39 is 0 Å². The Balaban J connectivity index is 1.56. The Morgan fingerprint density at radius 3 is 2.77 bits per heavy atom. The molecule has 3 heterocycles. The van der Waals surface area contributed by atoms with Gasteiger partial charge in [-0.15, -0.1) is 0 Å². The lowest BCUT2D eigenvalue weighted by Gasteiger charge is -2.24. The number of nitrogens with one attached hydrogen (secondary N) is 1. The number of carbonyl (C=O) groups is 1. The Labute approximate surface area is 152 Å². The zero-order valence-electron chi connectivity index (χ0n) is 15.0. The van der Waals surface area contributed by atoms with Crippen LogP contribution >= 0.6 is 0 Å². The molecule has 1 aliphatic heterocycles. The number of hydrogen-bond donors (Lipinski definition) is 1. The van der Waals surface area contributed by atoms with Crippen molar-refractivity contribution in [3.63, 3.8) is 0 Å². The molecule has 2 aromatic heterocycles. The zero-order valence-corrected chi connectivity index (χ0v) is 15.0. The summed E-state index contributed by atoms with van der Waals surface area (Å²) in [4.78, 5) is 14.7. The van der Waals surface area contributed by atoms with Gasteiger partial charge >= 0.3 is 6.03 Å². The van der Waals surface area contributed by atoms with Gasteiger partial charge in [0.05, 0.1) is 11.7 Å². The van der Waals surface area contributed by atoms with Gasteiger partial charge in [-0.3, -0.25) is 0 Å². The first-order chi connectivity index (χ1) is 12.6. The van der Waals surface area contributed by atoms with Crippen LogP contribution in [0.5, 0.6) is 0 Å². The third kappa shape index (κ3) is 2.98. The molecule has 134 valence electrons. The van der Waals surface area contributed by atoms with Gasteiger partial charge in [-0.25, -0.2) is 4.79 Å². The van der Waals surface area contributed by atoms with Crippen LogP contribution in [-0.2, 0) is 0 Å². The molecule has 0 spiro atoms. The van der Waals surface area contributed by atoms with Crippen molar-refractivity contribution in [2.24, 2.45) is 0 Å². The highest BCUT2D eigenvalue weighted by Gasteiger charge is 2.32. The lowest BCUT2D eigenvalue weighted by Crippen LogP contribution is -2.34. The van der Waals surface area contributed by atoms with E-state index in [4.69, 9.17) is 4.52 Å². The number of likely N-dealkylation sites (tertiary alicyclic amines) is 1. The van der Waals surface area contributed by atoms with Crippen LogP contribution in [0.2, 0.25) is 0 Å². The largest absolute Gasteiger partial charge is 0.359 e. The van der Waals surface area contributed by atoms with Crippen molar-refractivity contribution in [2.75, 3.05) is 11.9 Å². The number of aryl methyl sites for hydroxylation is 1. The zero-order chi connectivity index (χ0) is 18.1. The van der Waals surface area contributed by atoms with Crippen molar-refractivity contribution >= 4 is 11.7 Å². The Morgan fingerprint density at radius 2 is 2.04 bits per heavy atom. The number of aromatic nitrogens is 2. The van der Waals surface area contributed by atoms with Crippen molar-refractivity contribution in [1.29, 1.82) is 0 Å². The van der Waals surface area contributed by atoms with Gasteiger partial charge in [0.1, 0.15) is 0 Å². The molecular formula is C20H22N4O2. The standard InChI is InChI=1S/C20H22N4O2/c1-14-13-19(26-22-14)18-9-6-12-24(18)20(25)21-16-7-5-8-17(15(16)2)23-10-3-4-11-23/h3-5,7-8,10-11,13,18H,6,9,12H2,1-2H3,(H,21,25)/t18-/m1/s1. The minimum absolute atomic E-state index is 0.0517. The predicted octanol–water partition coefficient (Wildman–Crippen LogP) is 4.45. The van der Waals surface area contributed by atoms with Crippen LogP contribution in [0.25, 0.3) is 5.69 Å². The van der Waals surface area contributed by atoms with E-state index in [-0.39, 0.29) is 12.1 Å². The normalized spacial score (nSPS) is 16.8. The lowest BCUT2D eigenvalue weighted by atomic mass is 10.1. The Hall–Kier alpha value is -3.02. The third-order valence-electron chi connectivity index (χ3n) is 4.92. The smallest absolute Gasteiger partial charge is 0.322 e. The van der Waals surface area contributed by atoms with Crippen molar-refractivity contribution in [3.8, 4) is 5.69 Å². The second-order valence-electron chi connectivity index (χ2n) is 6.69. The Morgan fingerprint density at radius 1 is 1.23 bits per heavy atom. The van der Waals surface area contributed by atoms with Crippen LogP contribution in [0.3, 0.4) is 0 Å². The maximum Gasteiger partial charge on any atom is 0.322 e. The predicted molar refractivity (Wildman–Crippen MR) is 99.4 cm³/mol. The van der Waals surface area contributed by atoms with Crippen molar-refractivity contribution in [1.82, 2.24) is 14.6 Å². The van der Waals surface area contributed by atoms with E-state index in [1.54, 1.807) is 0 Å². The lowest BCUT2D eigenvalue weighted by molar-refractivity contribution is 0.195. The highest BCUT2D eigenvalue weighted by molar-refractivity contribution is 5.91. The SMILES string of the molecule is Cc1cc([C@H]2CCCN2C(=O)Nc2cccc(-n3cccc3)c2C)on1. The summed E-state index contributed by atoms with van der Waals surface area (Å²) in [6.45, 7) is 4.63. The first-order valence-corrected chi connectivity index (χ1v) is 8.87. The minimum Gasteiger partial charge on any atom is -0.359 e. The van der Waals surface area contributed by atoms with Gasteiger partial charge in [0.15, 0.2) is 5.76 Å². The van der Waals surface area contributed by atoms with E-state index in [2.05, 4.69) is 10.5 Å². The van der Waals surface area contributed by atoms with E-state index in [0.717, 1.165) is 41.2 Å². The molecule has 0 unspecified atom stereocenters. The molecule has 26 heavy (non-hydrogen) atoms. The molecule has 1 aliphatic rings. The fourth-order valence-corrected chi connectivity index (χ4v) is 3.57. The molecule has 4 rings (SSSR count). The summed E-state index contributed by atoms with van der Waals surface area (Å²) in [5, 5.41) is 7.03. The number of anilines is 1. The van der Waals surface area contributed by atoms with E-state index >= 15 is 0 Å². The molecule has 6 nitrogen and oxygen atoms in total. The van der Waals surface area contributed by atoms with Gasteiger partial charge < -0.3 is 19.3 Å². The average Bonchev–Trinajstić information content (AvgIpc) is 3.37. The molecule has 0 radical (unpaired) electrons. The van der Waals surface area contributed by atoms with Crippen LogP contribution in [0.15, 0.2) is 53.3 Å². The number of amides is 2. The molecule has 1 saturated heterocycles. The average molecular weight is 350 g/mol. The van der Waals surface area contributed by atoms with Crippen molar-refractivity contribution in [2.45, 2.75) is 32.7 Å². The molecule has 1 aromatic carbocycles. The van der Waals surface area contributed by atoms with Gasteiger partial charge in [0.2, 0.25) is 0 Å². The van der Waals surface area contributed by atoms with E-state index in [1.807, 2.05) is 72.1 Å². The molecule has 6 heteroatoms. The molecular weight excluding hydrogens is 328 g/mol. The summed E-state index contributed by atoms with van der Waals surface area (Å²) >= 11 is 0. The quantitative estimate of drug-likeness (QED) is 0.759. The fourth-order valence-electron chi connectivity index (χ4n) is 3.57. The number of benzene rings is 1. The van der Waals surface area contributed by atoms with E-state index in [0.29, 0.717) is 6.54 Å². The number of hydrogen-bond acceptors (Lipinski definition) is 3. The van der Waals surface area contributed by atoms with Gasteiger partial charge in [-0.1, -0.05) is 11.2 Å². The van der Waals surface area contributed by atoms with Gasteiger partial charge in [0, 0.05) is 36.4 Å². The summed E-state index contributed by atoms with van der Waals surface area (Å²) in [6, 6.07) is 11.7. The molecule has 0 aliphatic carbocycles. The number of carbonyl (C=O) groups excluding carboxylic acids is 1. The molecule has 3 aromatic rings. The molecule has 0 bridgehead atoms. The third-order valence-corrected chi connectivity index (χ3v) is 4.92. The molecule has 1 N–H and O–H groups in total. The maximum atomic E-state index is 12.9. The van der Waals surface area contributed by atoms with Crippen LogP contribution in [0, 0.1) is 13.8 Å². The Kier molecular flexibility index (Phi) is 4.24. The summed E-state index contributed by atoms with van der Waals surface area (Å²) in [6.07, 6.45) is 5.85. The first-order valence-electron chi connectivity index (χ1n) is 8.87. The van der Waals surface area contributed by atoms with Crippen LogP contribution in [0.4, 0.5) is 10.5 Å². The molecule has 0 saturated carbocycles. The van der Waals surface area contributed by atoms with Crippen molar-refractivity contribution in [3.05, 3.63) is 65.8 Å². The van der Waals surface area contributed by atoms with E-state index in [9.17, 15) is 4.79 Å². The van der Waals surface area contributed by atoms with E-state index in [1.165, 1.54) is 0 Å². The van der Waals surface area contributed by atoms with Gasteiger partial charge in [-0.05, 0) is 56.5 Å². The topological polar surface area (TPSA) is 63.3 Å². The number of rotatable bonds is 3. The molecule has 1 fully saturated rings. The molecule has 1 atom stereocenters. The summed E-state index contributed by atoms with van der Waals surface area (Å²) in [7, 11) is 0. The summed E-state index contributed by atoms with van der Waals surface area (Å²) < 4.78 is 7.44. The minimum atomic E-state index is -0.102. The van der Waals surface area contributed by atoms with Crippen LogP contribution < -0.4 is 5.32 Å². The molecule has 2 amide bonds. The van der Waals surface area contributed by atoms with Gasteiger partial charge in [-0.2, -0.15) is 0 Å². The van der Waals surface area contributed by atoms with Crippen LogP contribution in [0.1, 0.15) is 35.9 Å². The number of urea groups is 1. The van der Waals surface area contributed by atoms with Crippen LogP contribution in [-0.4, -0.2) is 27.2 Å². The second kappa shape index (κ2) is 6.71. The highest BCUT2D eigenvalue weighted by Crippen LogP contribution is 2.33. The van der Waals surface area contributed by atoms with Crippen molar-refractivity contribution < 1.29 is 9.32 Å². The Bertz CT molecular complexity index is 914. The summed E-state index contributed by atoms with van der Waals surface area (Å²) in [5.41, 5.74) is 3.74. The van der Waals surface area contributed by atoms with Gasteiger partial charge in [0.25, 0.3) is 0 Å². The fraction of sp³-hybridized carbons (Fsp3) is 0.300. The summed E-state index contributed by atoms with van der Waals surface area (Å²) in [5.74, 6) is 0.757.